The lowest BCUT2D eigenvalue weighted by molar-refractivity contribution is -0.172. The van der Waals surface area contributed by atoms with E-state index >= 15 is 0 Å². The van der Waals surface area contributed by atoms with Gasteiger partial charge < -0.3 is 15.4 Å². The highest BCUT2D eigenvalue weighted by Crippen LogP contribution is 2.51. The normalized spacial score (nSPS) is 30.0. The Morgan fingerprint density at radius 2 is 2.00 bits per heavy atom. The number of methoxy groups -OCH3 is 1. The summed E-state index contributed by atoms with van der Waals surface area (Å²) in [5.74, 6) is 0.388. The molecular weight excluding hydrogens is 326 g/mol. The van der Waals surface area contributed by atoms with Gasteiger partial charge in [-0.25, -0.2) is 0 Å². The molecule has 3 rings (SSSR count). The van der Waals surface area contributed by atoms with Crippen LogP contribution in [-0.2, 0) is 10.3 Å². The number of hydrogen-bond acceptors (Lipinski definition) is 4. The van der Waals surface area contributed by atoms with E-state index in [0.29, 0.717) is 23.6 Å². The Bertz CT molecular complexity index is 579. The molecule has 1 saturated carbocycles. The second-order valence-corrected chi connectivity index (χ2v) is 7.16. The number of carbonyl (C=O) groups is 1. The molecule has 2 aliphatic rings. The number of piperidine rings is 1. The first-order valence-corrected chi connectivity index (χ1v) is 8.54. The fourth-order valence-electron chi connectivity index (χ4n) is 4.62. The van der Waals surface area contributed by atoms with E-state index in [2.05, 4.69) is 23.7 Å². The molecule has 134 valence electrons. The van der Waals surface area contributed by atoms with Crippen molar-refractivity contribution in [3.8, 4) is 0 Å². The third-order valence-corrected chi connectivity index (χ3v) is 5.76. The number of likely N-dealkylation sites (tertiary alicyclic amines) is 1. The first-order valence-electron chi connectivity index (χ1n) is 8.54. The predicted octanol–water partition coefficient (Wildman–Crippen LogP) is 2.58. The third kappa shape index (κ3) is 3.05. The Hall–Kier alpha value is -1.17. The molecule has 0 radical (unpaired) electrons. The maximum Gasteiger partial charge on any atom is 0.267 e. The van der Waals surface area contributed by atoms with Crippen molar-refractivity contribution >= 4 is 18.3 Å². The molecule has 2 fully saturated rings. The zero-order chi connectivity index (χ0) is 16.6. The van der Waals surface area contributed by atoms with Crippen LogP contribution >= 0.6 is 12.4 Å². The van der Waals surface area contributed by atoms with Gasteiger partial charge in [0.15, 0.2) is 0 Å². The molecule has 1 saturated heterocycles. The monoisotopic (exact) mass is 353 g/mol. The van der Waals surface area contributed by atoms with E-state index in [1.165, 1.54) is 6.42 Å². The predicted molar refractivity (Wildman–Crippen MR) is 96.2 cm³/mol. The number of ether oxygens (including phenoxy) is 1. The van der Waals surface area contributed by atoms with Gasteiger partial charge in [0.2, 0.25) is 0 Å². The van der Waals surface area contributed by atoms with Crippen LogP contribution in [0.15, 0.2) is 18.3 Å². The Balaban J connectivity index is 0.00000208. The number of pyridine rings is 1. The highest BCUT2D eigenvalue weighted by Gasteiger charge is 2.53. The number of nitrogens with two attached hydrogens (primary N) is 1. The van der Waals surface area contributed by atoms with Crippen molar-refractivity contribution in [2.75, 3.05) is 20.2 Å². The van der Waals surface area contributed by atoms with Crippen LogP contribution in [-0.4, -0.2) is 42.0 Å². The number of aromatic nitrogens is 1. The Morgan fingerprint density at radius 1 is 1.38 bits per heavy atom. The molecule has 2 bridgehead atoms. The topological polar surface area (TPSA) is 68.5 Å². The summed E-state index contributed by atoms with van der Waals surface area (Å²) in [5, 5.41) is 0. The van der Waals surface area contributed by atoms with Gasteiger partial charge in [0.05, 0.1) is 0 Å². The van der Waals surface area contributed by atoms with E-state index in [4.69, 9.17) is 10.5 Å². The van der Waals surface area contributed by atoms with Gasteiger partial charge in [0.1, 0.15) is 11.3 Å². The largest absolute Gasteiger partial charge is 0.373 e. The van der Waals surface area contributed by atoms with Crippen molar-refractivity contribution < 1.29 is 9.53 Å². The molecule has 1 aromatic rings. The zero-order valence-electron chi connectivity index (χ0n) is 14.7. The van der Waals surface area contributed by atoms with Gasteiger partial charge in [0.25, 0.3) is 5.91 Å². The highest BCUT2D eigenvalue weighted by molar-refractivity contribution is 5.90. The van der Waals surface area contributed by atoms with Gasteiger partial charge in [-0.15, -0.1) is 12.4 Å². The summed E-state index contributed by atoms with van der Waals surface area (Å²) in [7, 11) is 1.81. The van der Waals surface area contributed by atoms with Crippen molar-refractivity contribution in [2.24, 2.45) is 17.6 Å². The van der Waals surface area contributed by atoms with Crippen molar-refractivity contribution in [1.82, 2.24) is 9.88 Å². The van der Waals surface area contributed by atoms with E-state index in [-0.39, 0.29) is 18.0 Å². The quantitative estimate of drug-likeness (QED) is 0.903. The number of amides is 1. The smallest absolute Gasteiger partial charge is 0.267 e. The van der Waals surface area contributed by atoms with E-state index in [1.54, 1.807) is 13.3 Å². The van der Waals surface area contributed by atoms with Crippen LogP contribution < -0.4 is 5.73 Å². The number of nitrogens with zero attached hydrogens (tertiary/aromatic N) is 2. The summed E-state index contributed by atoms with van der Waals surface area (Å²) >= 11 is 0. The first kappa shape index (κ1) is 19.2. The number of rotatable bonds is 4. The van der Waals surface area contributed by atoms with Crippen LogP contribution in [0, 0.1) is 11.8 Å². The molecule has 2 N–H and O–H groups in total. The van der Waals surface area contributed by atoms with Crippen molar-refractivity contribution in [3.63, 3.8) is 0 Å². The lowest BCUT2D eigenvalue weighted by Gasteiger charge is -2.56. The number of hydrogen-bond donors (Lipinski definition) is 1. The number of carbonyl (C=O) groups excluding carboxylic acids is 1. The van der Waals surface area contributed by atoms with Gasteiger partial charge in [-0.3, -0.25) is 9.78 Å². The molecule has 3 atom stereocenters. The third-order valence-electron chi connectivity index (χ3n) is 5.76. The van der Waals surface area contributed by atoms with E-state index < -0.39 is 5.91 Å². The van der Waals surface area contributed by atoms with E-state index in [0.717, 1.165) is 31.5 Å². The van der Waals surface area contributed by atoms with Crippen molar-refractivity contribution in [1.29, 1.82) is 0 Å². The van der Waals surface area contributed by atoms with Crippen molar-refractivity contribution in [2.45, 2.75) is 44.8 Å². The standard InChI is InChI=1S/C18H27N3O2.ClH/c1-12(2)21-10-14-5-4-6-15(11-21)18(14,23-3)13-7-8-20-16(9-13)17(19)22;/h7-9,12,14-15H,4-6,10-11H2,1-3H3,(H2,19,22);1H/t14-,15+,18+;. The Labute approximate surface area is 150 Å². The van der Waals surface area contributed by atoms with Crippen LogP contribution in [0.4, 0.5) is 0 Å². The second-order valence-electron chi connectivity index (χ2n) is 7.16. The average molecular weight is 354 g/mol. The van der Waals surface area contributed by atoms with Gasteiger partial charge >= 0.3 is 0 Å². The van der Waals surface area contributed by atoms with E-state index in [1.807, 2.05) is 12.1 Å². The molecule has 1 amide bonds. The maximum absolute atomic E-state index is 11.5. The Morgan fingerprint density at radius 3 is 2.50 bits per heavy atom. The van der Waals surface area contributed by atoms with Crippen LogP contribution in [0.2, 0.25) is 0 Å². The number of halogens is 1. The molecule has 0 aromatic carbocycles. The minimum Gasteiger partial charge on any atom is -0.373 e. The number of fused-ring (bicyclic) bond motifs is 2. The molecule has 1 aliphatic carbocycles. The summed E-state index contributed by atoms with van der Waals surface area (Å²) < 4.78 is 6.19. The molecule has 0 unspecified atom stereocenters. The highest BCUT2D eigenvalue weighted by atomic mass is 35.5. The van der Waals surface area contributed by atoms with Gasteiger partial charge in [0, 0.05) is 44.3 Å². The molecule has 5 nitrogen and oxygen atoms in total. The van der Waals surface area contributed by atoms with Crippen LogP contribution in [0.1, 0.15) is 49.2 Å². The maximum atomic E-state index is 11.5. The Kier molecular flexibility index (Phi) is 5.89. The summed E-state index contributed by atoms with van der Waals surface area (Å²) in [6, 6.07) is 4.38. The second kappa shape index (κ2) is 7.38. The number of primary amides is 1. The summed E-state index contributed by atoms with van der Waals surface area (Å²) in [6.45, 7) is 6.59. The van der Waals surface area contributed by atoms with Crippen LogP contribution in [0.3, 0.4) is 0 Å². The molecule has 0 spiro atoms. The molecule has 1 aromatic heterocycles. The van der Waals surface area contributed by atoms with Crippen molar-refractivity contribution in [3.05, 3.63) is 29.6 Å². The fourth-order valence-corrected chi connectivity index (χ4v) is 4.62. The molecule has 6 heteroatoms. The first-order chi connectivity index (χ1) is 11.0. The van der Waals surface area contributed by atoms with Gasteiger partial charge in [-0.1, -0.05) is 6.42 Å². The van der Waals surface area contributed by atoms with Crippen LogP contribution in [0.25, 0.3) is 0 Å². The van der Waals surface area contributed by atoms with E-state index in [9.17, 15) is 4.79 Å². The van der Waals surface area contributed by atoms with Gasteiger partial charge in [-0.05, 0) is 44.4 Å². The van der Waals surface area contributed by atoms with Gasteiger partial charge in [-0.2, -0.15) is 0 Å². The average Bonchev–Trinajstić information content (AvgIpc) is 2.53. The zero-order valence-corrected chi connectivity index (χ0v) is 15.5. The fraction of sp³-hybridized carbons (Fsp3) is 0.667. The minimum absolute atomic E-state index is 0. The SMILES string of the molecule is CO[C@@]1(c2ccnc(C(N)=O)c2)[C@@H]2CCC[C@H]1CN(C(C)C)C2.Cl. The summed E-state index contributed by atoms with van der Waals surface area (Å²) in [4.78, 5) is 18.2. The minimum atomic E-state index is -0.483. The molecular formula is C18H28ClN3O2. The summed E-state index contributed by atoms with van der Waals surface area (Å²) in [5.41, 5.74) is 6.48. The summed E-state index contributed by atoms with van der Waals surface area (Å²) in [6.07, 6.45) is 5.24. The molecule has 2 heterocycles. The van der Waals surface area contributed by atoms with Crippen LogP contribution in [0.5, 0.6) is 0 Å². The lowest BCUT2D eigenvalue weighted by atomic mass is 9.62. The molecule has 24 heavy (non-hydrogen) atoms. The lowest BCUT2D eigenvalue weighted by Crippen LogP contribution is -2.60. The molecule has 1 aliphatic heterocycles.